The van der Waals surface area contributed by atoms with E-state index < -0.39 is 0 Å². The molecule has 4 aliphatic carbocycles. The summed E-state index contributed by atoms with van der Waals surface area (Å²) in [5, 5.41) is 0. The van der Waals surface area contributed by atoms with Crippen molar-refractivity contribution in [3.05, 3.63) is 15.4 Å². The van der Waals surface area contributed by atoms with Gasteiger partial charge in [-0.2, -0.15) is 4.99 Å². The highest BCUT2D eigenvalue weighted by Gasteiger charge is 2.54. The third-order valence-electron chi connectivity index (χ3n) is 6.74. The van der Waals surface area contributed by atoms with Gasteiger partial charge in [0.05, 0.1) is 12.0 Å². The van der Waals surface area contributed by atoms with Gasteiger partial charge in [-0.25, -0.2) is 0 Å². The normalized spacial score (nSPS) is 34.0. The molecule has 4 nitrogen and oxygen atoms in total. The zero-order valence-electron chi connectivity index (χ0n) is 15.7. The summed E-state index contributed by atoms with van der Waals surface area (Å²) in [6.45, 7) is 8.42. The van der Waals surface area contributed by atoms with Gasteiger partial charge in [-0.05, 0) is 77.0 Å². The fraction of sp³-hybridized carbons (Fsp3) is 0.800. The van der Waals surface area contributed by atoms with Crippen molar-refractivity contribution in [2.24, 2.45) is 28.2 Å². The molecule has 0 aromatic carbocycles. The van der Waals surface area contributed by atoms with Gasteiger partial charge in [0.1, 0.15) is 0 Å². The highest BCUT2D eigenvalue weighted by Crippen LogP contribution is 2.60. The lowest BCUT2D eigenvalue weighted by atomic mass is 9.49. The van der Waals surface area contributed by atoms with E-state index in [2.05, 4.69) is 18.4 Å². The van der Waals surface area contributed by atoms with Crippen molar-refractivity contribution in [1.82, 2.24) is 4.57 Å². The number of ether oxygens (including phenoxy) is 1. The van der Waals surface area contributed by atoms with Crippen LogP contribution in [0.5, 0.6) is 0 Å². The Labute approximate surface area is 154 Å². The minimum atomic E-state index is -0.141. The molecule has 0 aliphatic heterocycles. The average Bonchev–Trinajstić information content (AvgIpc) is 2.81. The quantitative estimate of drug-likeness (QED) is 0.747. The first kappa shape index (κ1) is 17.5. The molecule has 0 atom stereocenters. The fourth-order valence-electron chi connectivity index (χ4n) is 5.82. The minimum Gasteiger partial charge on any atom is -0.380 e. The first-order valence-electron chi connectivity index (χ1n) is 9.84. The van der Waals surface area contributed by atoms with Crippen molar-refractivity contribution in [3.8, 4) is 0 Å². The van der Waals surface area contributed by atoms with E-state index in [0.717, 1.165) is 55.0 Å². The monoisotopic (exact) mass is 362 g/mol. The van der Waals surface area contributed by atoms with Crippen LogP contribution in [0.3, 0.4) is 0 Å². The van der Waals surface area contributed by atoms with E-state index in [9.17, 15) is 4.79 Å². The number of thiazole rings is 1. The van der Waals surface area contributed by atoms with Crippen molar-refractivity contribution in [2.75, 3.05) is 13.2 Å². The third kappa shape index (κ3) is 3.14. The molecule has 4 saturated carbocycles. The van der Waals surface area contributed by atoms with E-state index in [0.29, 0.717) is 6.61 Å². The van der Waals surface area contributed by atoms with Crippen molar-refractivity contribution < 1.29 is 9.53 Å². The summed E-state index contributed by atoms with van der Waals surface area (Å²) in [5.74, 6) is 2.50. The molecule has 5 heteroatoms. The SMILES string of the molecule is CCOCCn1c(C)c(C)sc1=NC(=O)C12CC3CC(CC(C3)C1)C2. The van der Waals surface area contributed by atoms with Crippen LogP contribution in [0.2, 0.25) is 0 Å². The molecule has 25 heavy (non-hydrogen) atoms. The second-order valence-corrected chi connectivity index (χ2v) is 9.67. The summed E-state index contributed by atoms with van der Waals surface area (Å²) < 4.78 is 7.69. The molecule has 1 heterocycles. The summed E-state index contributed by atoms with van der Waals surface area (Å²) in [6.07, 6.45) is 7.34. The van der Waals surface area contributed by atoms with E-state index >= 15 is 0 Å². The van der Waals surface area contributed by atoms with Crippen LogP contribution in [0.25, 0.3) is 0 Å². The second kappa shape index (κ2) is 6.66. The van der Waals surface area contributed by atoms with Gasteiger partial charge in [0.2, 0.25) is 0 Å². The van der Waals surface area contributed by atoms with Crippen molar-refractivity contribution in [1.29, 1.82) is 0 Å². The lowest BCUT2D eigenvalue weighted by Gasteiger charge is -2.55. The minimum absolute atomic E-state index is 0.141. The summed E-state index contributed by atoms with van der Waals surface area (Å²) in [5.41, 5.74) is 1.07. The summed E-state index contributed by atoms with van der Waals surface area (Å²) in [6, 6.07) is 0. The van der Waals surface area contributed by atoms with Crippen LogP contribution in [-0.4, -0.2) is 23.7 Å². The predicted octanol–water partition coefficient (Wildman–Crippen LogP) is 3.85. The van der Waals surface area contributed by atoms with Crippen LogP contribution in [0.4, 0.5) is 0 Å². The Hall–Kier alpha value is -0.940. The molecule has 1 aromatic rings. The topological polar surface area (TPSA) is 43.6 Å². The molecule has 4 aliphatic rings. The van der Waals surface area contributed by atoms with Gasteiger partial charge in [0.15, 0.2) is 4.80 Å². The smallest absolute Gasteiger partial charge is 0.254 e. The summed E-state index contributed by atoms with van der Waals surface area (Å²) in [7, 11) is 0. The highest BCUT2D eigenvalue weighted by molar-refractivity contribution is 7.09. The molecule has 1 amide bonds. The van der Waals surface area contributed by atoms with Gasteiger partial charge in [0.25, 0.3) is 5.91 Å². The molecule has 5 rings (SSSR count). The van der Waals surface area contributed by atoms with Gasteiger partial charge in [-0.1, -0.05) is 0 Å². The first-order chi connectivity index (χ1) is 12.0. The maximum atomic E-state index is 13.3. The van der Waals surface area contributed by atoms with Crippen LogP contribution < -0.4 is 4.80 Å². The molecule has 1 aromatic heterocycles. The first-order valence-corrected chi connectivity index (χ1v) is 10.7. The van der Waals surface area contributed by atoms with Crippen molar-refractivity contribution >= 4 is 17.2 Å². The number of nitrogens with zero attached hydrogens (tertiary/aromatic N) is 2. The molecule has 0 saturated heterocycles. The molecule has 0 radical (unpaired) electrons. The number of hydrogen-bond donors (Lipinski definition) is 0. The maximum Gasteiger partial charge on any atom is 0.254 e. The number of carbonyl (C=O) groups excluding carboxylic acids is 1. The molecular formula is C20H30N2O2S. The molecule has 138 valence electrons. The van der Waals surface area contributed by atoms with Gasteiger partial charge in [-0.15, -0.1) is 11.3 Å². The Kier molecular flexibility index (Phi) is 4.65. The van der Waals surface area contributed by atoms with Gasteiger partial charge in [-0.3, -0.25) is 4.79 Å². The Morgan fingerprint density at radius 3 is 2.36 bits per heavy atom. The fourth-order valence-corrected chi connectivity index (χ4v) is 6.82. The average molecular weight is 363 g/mol. The van der Waals surface area contributed by atoms with Gasteiger partial charge in [0, 0.05) is 23.7 Å². The molecule has 4 fully saturated rings. The highest BCUT2D eigenvalue weighted by atomic mass is 32.1. The number of amides is 1. The predicted molar refractivity (Wildman–Crippen MR) is 99.5 cm³/mol. The van der Waals surface area contributed by atoms with Crippen molar-refractivity contribution in [3.63, 3.8) is 0 Å². The van der Waals surface area contributed by atoms with Crippen molar-refractivity contribution in [2.45, 2.75) is 65.8 Å². The standard InChI is InChI=1S/C20H30N2O2S/c1-4-24-6-5-22-13(2)14(3)25-19(22)21-18(23)20-10-15-7-16(11-20)9-17(8-15)12-20/h15-17H,4-12H2,1-3H3. The Morgan fingerprint density at radius 1 is 1.20 bits per heavy atom. The molecule has 0 spiro atoms. The van der Waals surface area contributed by atoms with Crippen LogP contribution in [0.1, 0.15) is 56.0 Å². The lowest BCUT2D eigenvalue weighted by Crippen LogP contribution is -2.50. The van der Waals surface area contributed by atoms with Gasteiger partial charge >= 0.3 is 0 Å². The molecular weight excluding hydrogens is 332 g/mol. The molecule has 0 unspecified atom stereocenters. The molecule has 4 bridgehead atoms. The number of rotatable bonds is 5. The largest absolute Gasteiger partial charge is 0.380 e. The Bertz CT molecular complexity index is 695. The number of aromatic nitrogens is 1. The zero-order chi connectivity index (χ0) is 17.6. The molecule has 0 N–H and O–H groups in total. The van der Waals surface area contributed by atoms with Crippen LogP contribution in [-0.2, 0) is 16.1 Å². The van der Waals surface area contributed by atoms with Crippen LogP contribution >= 0.6 is 11.3 Å². The van der Waals surface area contributed by atoms with Crippen LogP contribution in [0.15, 0.2) is 4.99 Å². The number of hydrogen-bond acceptors (Lipinski definition) is 3. The van der Waals surface area contributed by atoms with E-state index in [-0.39, 0.29) is 11.3 Å². The lowest BCUT2D eigenvalue weighted by molar-refractivity contribution is -0.142. The van der Waals surface area contributed by atoms with E-state index in [1.807, 2.05) is 6.92 Å². The number of carbonyl (C=O) groups is 1. The van der Waals surface area contributed by atoms with E-state index in [1.54, 1.807) is 11.3 Å². The third-order valence-corrected chi connectivity index (χ3v) is 7.84. The summed E-state index contributed by atoms with van der Waals surface area (Å²) >= 11 is 1.65. The summed E-state index contributed by atoms with van der Waals surface area (Å²) in [4.78, 5) is 20.1. The second-order valence-electron chi connectivity index (χ2n) is 8.49. The van der Waals surface area contributed by atoms with Gasteiger partial charge < -0.3 is 9.30 Å². The Balaban J connectivity index is 1.62. The Morgan fingerprint density at radius 2 is 1.80 bits per heavy atom. The van der Waals surface area contributed by atoms with E-state index in [4.69, 9.17) is 9.73 Å². The van der Waals surface area contributed by atoms with E-state index in [1.165, 1.54) is 29.8 Å². The zero-order valence-corrected chi connectivity index (χ0v) is 16.5. The maximum absolute atomic E-state index is 13.3. The number of aryl methyl sites for hydroxylation is 1. The van der Waals surface area contributed by atoms with Crippen LogP contribution in [0, 0.1) is 37.0 Å².